The lowest BCUT2D eigenvalue weighted by molar-refractivity contribution is 0.589. The van der Waals surface area contributed by atoms with Gasteiger partial charge in [0.05, 0.1) is 37.7 Å². The maximum atomic E-state index is 13.6. The Morgan fingerprint density at radius 1 is 0.923 bits per heavy atom. The lowest BCUT2D eigenvalue weighted by atomic mass is 10.2. The van der Waals surface area contributed by atoms with Crippen molar-refractivity contribution in [2.45, 2.75) is 11.8 Å². The van der Waals surface area contributed by atoms with E-state index in [4.69, 9.17) is 4.98 Å². The molecule has 7 aromatic rings. The van der Waals surface area contributed by atoms with Gasteiger partial charge >= 0.3 is 0 Å². The number of benzene rings is 3. The molecule has 0 unspecified atom stereocenters. The van der Waals surface area contributed by atoms with E-state index in [1.54, 1.807) is 53.4 Å². The first-order valence-electron chi connectivity index (χ1n) is 12.0. The molecule has 0 aliphatic carbocycles. The lowest BCUT2D eigenvalue weighted by Gasteiger charge is -2.12. The number of aromatic nitrogens is 6. The molecule has 12 heteroatoms. The van der Waals surface area contributed by atoms with Gasteiger partial charge in [0.15, 0.2) is 5.65 Å². The molecule has 4 aromatic heterocycles. The summed E-state index contributed by atoms with van der Waals surface area (Å²) in [6.45, 7) is 1.91. The largest absolute Gasteiger partial charge is 0.339 e. The van der Waals surface area contributed by atoms with Gasteiger partial charge in [-0.15, -0.1) is 11.3 Å². The Kier molecular flexibility index (Phi) is 5.32. The van der Waals surface area contributed by atoms with E-state index < -0.39 is 10.0 Å². The number of fused-ring (bicyclic) bond motifs is 3. The van der Waals surface area contributed by atoms with Crippen molar-refractivity contribution in [2.75, 3.05) is 10.6 Å². The average Bonchev–Trinajstić information content (AvgIpc) is 3.68. The fourth-order valence-corrected chi connectivity index (χ4v) is 6.39. The minimum Gasteiger partial charge on any atom is -0.339 e. The molecule has 0 amide bonds. The summed E-state index contributed by atoms with van der Waals surface area (Å²) in [7, 11) is -3.91. The Balaban J connectivity index is 1.36. The fraction of sp³-hybridized carbons (Fsp3) is 0.0370. The van der Waals surface area contributed by atoms with Crippen LogP contribution in [0.5, 0.6) is 0 Å². The highest BCUT2D eigenvalue weighted by Gasteiger charge is 2.22. The molecule has 0 radical (unpaired) electrons. The standard InChI is InChI=1S/C27H20N8O2S2/c1-16-2-7-20(8-3-16)39(36,37)35-11-10-21-25(30-19-6-9-22-24(13-19)38-15-28-22)32-27(33-26(21)35)31-18-5-4-17-14-29-34-23(17)12-18/h2-15H,1H3,(H,29,34)(H2,30,31,32,33). The summed E-state index contributed by atoms with van der Waals surface area (Å²) in [5.74, 6) is 0.702. The summed E-state index contributed by atoms with van der Waals surface area (Å²) >= 11 is 1.54. The first kappa shape index (κ1) is 23.3. The van der Waals surface area contributed by atoms with Gasteiger partial charge in [0.1, 0.15) is 5.82 Å². The predicted molar refractivity (Wildman–Crippen MR) is 154 cm³/mol. The van der Waals surface area contributed by atoms with E-state index in [1.165, 1.54) is 10.2 Å². The van der Waals surface area contributed by atoms with Gasteiger partial charge in [-0.3, -0.25) is 5.10 Å². The molecule has 3 N–H and O–H groups in total. The second kappa shape index (κ2) is 8.89. The molecule has 7 rings (SSSR count). The molecule has 0 saturated heterocycles. The number of thiazole rings is 1. The van der Waals surface area contributed by atoms with Crippen LogP contribution in [-0.2, 0) is 10.0 Å². The SMILES string of the molecule is Cc1ccc(S(=O)(=O)n2ccc3c(Nc4ccc5ncsc5c4)nc(Nc4ccc5cn[nH]c5c4)nc32)cc1. The van der Waals surface area contributed by atoms with Crippen molar-refractivity contribution in [1.29, 1.82) is 0 Å². The quantitative estimate of drug-likeness (QED) is 0.231. The molecule has 0 atom stereocenters. The summed E-state index contributed by atoms with van der Waals surface area (Å²) in [6, 6.07) is 20.0. The molecule has 4 heterocycles. The van der Waals surface area contributed by atoms with E-state index in [2.05, 4.69) is 30.8 Å². The zero-order valence-corrected chi connectivity index (χ0v) is 22.1. The van der Waals surface area contributed by atoms with E-state index in [9.17, 15) is 8.42 Å². The van der Waals surface area contributed by atoms with Gasteiger partial charge in [-0.25, -0.2) is 17.4 Å². The number of nitrogens with one attached hydrogen (secondary N) is 3. The lowest BCUT2D eigenvalue weighted by Crippen LogP contribution is -2.13. The zero-order chi connectivity index (χ0) is 26.6. The van der Waals surface area contributed by atoms with Crippen LogP contribution in [0.25, 0.3) is 32.2 Å². The number of rotatable bonds is 6. The summed E-state index contributed by atoms with van der Waals surface area (Å²) in [6.07, 6.45) is 3.25. The van der Waals surface area contributed by atoms with Crippen molar-refractivity contribution in [2.24, 2.45) is 0 Å². The van der Waals surface area contributed by atoms with Gasteiger partial charge in [0, 0.05) is 23.0 Å². The molecule has 3 aromatic carbocycles. The monoisotopic (exact) mass is 552 g/mol. The van der Waals surface area contributed by atoms with Crippen molar-refractivity contribution >= 4 is 76.7 Å². The van der Waals surface area contributed by atoms with E-state index in [0.29, 0.717) is 11.2 Å². The molecule has 0 saturated carbocycles. The van der Waals surface area contributed by atoms with Crippen LogP contribution in [0.4, 0.5) is 23.1 Å². The van der Waals surface area contributed by atoms with Crippen LogP contribution in [-0.4, -0.2) is 37.5 Å². The number of hydrogen-bond acceptors (Lipinski definition) is 9. The Morgan fingerprint density at radius 3 is 2.62 bits per heavy atom. The summed E-state index contributed by atoms with van der Waals surface area (Å²) < 4.78 is 29.5. The molecule has 10 nitrogen and oxygen atoms in total. The van der Waals surface area contributed by atoms with Crippen molar-refractivity contribution in [3.8, 4) is 0 Å². The maximum absolute atomic E-state index is 13.6. The highest BCUT2D eigenvalue weighted by atomic mass is 32.2. The van der Waals surface area contributed by atoms with Crippen LogP contribution < -0.4 is 10.6 Å². The summed E-state index contributed by atoms with van der Waals surface area (Å²) in [5, 5.41) is 15.1. The molecular formula is C27H20N8O2S2. The molecule has 0 bridgehead atoms. The molecule has 0 spiro atoms. The van der Waals surface area contributed by atoms with Gasteiger partial charge in [-0.05, 0) is 61.5 Å². The van der Waals surface area contributed by atoms with Crippen molar-refractivity contribution in [3.63, 3.8) is 0 Å². The first-order valence-corrected chi connectivity index (χ1v) is 14.3. The molecule has 39 heavy (non-hydrogen) atoms. The van der Waals surface area contributed by atoms with Gasteiger partial charge < -0.3 is 10.6 Å². The molecule has 0 fully saturated rings. The highest BCUT2D eigenvalue weighted by Crippen LogP contribution is 2.31. The van der Waals surface area contributed by atoms with E-state index in [0.717, 1.165) is 38.1 Å². The van der Waals surface area contributed by atoms with Crippen molar-refractivity contribution < 1.29 is 8.42 Å². The third-order valence-electron chi connectivity index (χ3n) is 6.38. The number of H-pyrrole nitrogens is 1. The minimum atomic E-state index is -3.91. The van der Waals surface area contributed by atoms with Crippen LogP contribution in [0.15, 0.2) is 89.5 Å². The minimum absolute atomic E-state index is 0.175. The number of nitrogens with zero attached hydrogens (tertiary/aromatic N) is 5. The van der Waals surface area contributed by atoms with E-state index in [-0.39, 0.29) is 16.5 Å². The number of aryl methyl sites for hydroxylation is 1. The van der Waals surface area contributed by atoms with E-state index in [1.807, 2.05) is 43.3 Å². The summed E-state index contributed by atoms with van der Waals surface area (Å²) in [4.78, 5) is 13.9. The average molecular weight is 553 g/mol. The Labute approximate surface area is 226 Å². The fourth-order valence-electron chi connectivity index (χ4n) is 4.37. The molecular weight excluding hydrogens is 532 g/mol. The second-order valence-electron chi connectivity index (χ2n) is 9.02. The van der Waals surface area contributed by atoms with Gasteiger partial charge in [0.25, 0.3) is 10.0 Å². The number of aromatic amines is 1. The van der Waals surface area contributed by atoms with Gasteiger partial charge in [0.2, 0.25) is 5.95 Å². The smallest absolute Gasteiger partial charge is 0.269 e. The second-order valence-corrected chi connectivity index (χ2v) is 11.7. The normalized spacial score (nSPS) is 11.9. The van der Waals surface area contributed by atoms with Gasteiger partial charge in [-0.1, -0.05) is 17.7 Å². The molecule has 0 aliphatic rings. The molecule has 0 aliphatic heterocycles. The number of hydrogen-bond donors (Lipinski definition) is 3. The Bertz CT molecular complexity index is 2110. The topological polar surface area (TPSA) is 130 Å². The first-order chi connectivity index (χ1) is 18.9. The van der Waals surface area contributed by atoms with Crippen LogP contribution in [0.3, 0.4) is 0 Å². The third-order valence-corrected chi connectivity index (χ3v) is 8.85. The zero-order valence-electron chi connectivity index (χ0n) is 20.5. The summed E-state index contributed by atoms with van der Waals surface area (Å²) in [5.41, 5.74) is 6.29. The number of anilines is 4. The third kappa shape index (κ3) is 4.15. The van der Waals surface area contributed by atoms with Crippen LogP contribution in [0.1, 0.15) is 5.56 Å². The maximum Gasteiger partial charge on any atom is 0.269 e. The van der Waals surface area contributed by atoms with Crippen molar-refractivity contribution in [3.05, 3.63) is 90.2 Å². The van der Waals surface area contributed by atoms with Crippen LogP contribution >= 0.6 is 11.3 Å². The van der Waals surface area contributed by atoms with Crippen molar-refractivity contribution in [1.82, 2.24) is 29.1 Å². The van der Waals surface area contributed by atoms with Gasteiger partial charge in [-0.2, -0.15) is 15.1 Å². The predicted octanol–water partition coefficient (Wildman–Crippen LogP) is 5.95. The Morgan fingerprint density at radius 2 is 1.74 bits per heavy atom. The Hall–Kier alpha value is -4.81. The van der Waals surface area contributed by atoms with Crippen LogP contribution in [0, 0.1) is 6.92 Å². The highest BCUT2D eigenvalue weighted by molar-refractivity contribution is 7.90. The van der Waals surface area contributed by atoms with Crippen LogP contribution in [0.2, 0.25) is 0 Å². The van der Waals surface area contributed by atoms with E-state index >= 15 is 0 Å². The molecule has 192 valence electrons.